The first-order valence-corrected chi connectivity index (χ1v) is 9.35. The first-order chi connectivity index (χ1) is 12.7. The van der Waals surface area contributed by atoms with Gasteiger partial charge in [0.15, 0.2) is 5.96 Å². The van der Waals surface area contributed by atoms with E-state index < -0.39 is 0 Å². The second-order valence-corrected chi connectivity index (χ2v) is 6.77. The van der Waals surface area contributed by atoms with Crippen LogP contribution in [0.25, 0.3) is 0 Å². The molecule has 1 aliphatic heterocycles. The Labute approximate surface area is 179 Å². The van der Waals surface area contributed by atoms with E-state index in [1.54, 1.807) is 7.11 Å². The maximum Gasteiger partial charge on any atom is 0.194 e. The van der Waals surface area contributed by atoms with Crippen LogP contribution < -0.4 is 10.1 Å². The molecule has 2 atom stereocenters. The molecule has 0 amide bonds. The molecule has 7 heteroatoms. The zero-order valence-corrected chi connectivity index (χ0v) is 18.7. The van der Waals surface area contributed by atoms with Gasteiger partial charge in [0.25, 0.3) is 0 Å². The normalized spacial score (nSPS) is 20.1. The molecule has 2 aromatic rings. The van der Waals surface area contributed by atoms with Crippen molar-refractivity contribution in [1.82, 2.24) is 19.8 Å². The molecular formula is C20H30IN5O. The molecule has 6 nitrogen and oxygen atoms in total. The maximum atomic E-state index is 5.45. The number of rotatable bonds is 5. The number of ether oxygens (including phenoxy) is 1. The van der Waals surface area contributed by atoms with Crippen LogP contribution in [0.5, 0.6) is 5.75 Å². The summed E-state index contributed by atoms with van der Waals surface area (Å²) in [4.78, 5) is 11.5. The summed E-state index contributed by atoms with van der Waals surface area (Å²) in [7, 11) is 1.70. The Hall–Kier alpha value is -1.77. The van der Waals surface area contributed by atoms with Crippen molar-refractivity contribution in [2.45, 2.75) is 32.9 Å². The van der Waals surface area contributed by atoms with Crippen molar-refractivity contribution in [3.05, 3.63) is 48.5 Å². The zero-order valence-electron chi connectivity index (χ0n) is 16.3. The molecule has 0 aliphatic carbocycles. The molecular weight excluding hydrogens is 453 g/mol. The zero-order chi connectivity index (χ0) is 18.4. The van der Waals surface area contributed by atoms with Gasteiger partial charge in [0.1, 0.15) is 5.75 Å². The van der Waals surface area contributed by atoms with Crippen molar-refractivity contribution >= 4 is 29.9 Å². The third-order valence-electron chi connectivity index (χ3n) is 5.05. The van der Waals surface area contributed by atoms with Crippen molar-refractivity contribution in [1.29, 1.82) is 0 Å². The highest BCUT2D eigenvalue weighted by molar-refractivity contribution is 14.0. The fourth-order valence-corrected chi connectivity index (χ4v) is 3.51. The molecule has 0 spiro atoms. The van der Waals surface area contributed by atoms with E-state index in [1.165, 1.54) is 0 Å². The van der Waals surface area contributed by atoms with Gasteiger partial charge in [-0.05, 0) is 25.3 Å². The van der Waals surface area contributed by atoms with Crippen LogP contribution in [0, 0.1) is 5.92 Å². The first kappa shape index (κ1) is 21.5. The van der Waals surface area contributed by atoms with Gasteiger partial charge >= 0.3 is 0 Å². The average molecular weight is 483 g/mol. The fraction of sp³-hybridized carbons (Fsp3) is 0.500. The van der Waals surface area contributed by atoms with Gasteiger partial charge < -0.3 is 19.5 Å². The van der Waals surface area contributed by atoms with Gasteiger partial charge in [-0.1, -0.05) is 25.1 Å². The Balaban J connectivity index is 0.00000261. The average Bonchev–Trinajstić information content (AvgIpc) is 3.20. The highest BCUT2D eigenvalue weighted by Gasteiger charge is 2.28. The van der Waals surface area contributed by atoms with E-state index in [2.05, 4.69) is 45.9 Å². The van der Waals surface area contributed by atoms with Crippen LogP contribution in [0.3, 0.4) is 0 Å². The summed E-state index contributed by atoms with van der Waals surface area (Å²) in [5, 5.41) is 3.45. The third-order valence-corrected chi connectivity index (χ3v) is 5.05. The number of piperidine rings is 1. The van der Waals surface area contributed by atoms with Crippen LogP contribution >= 0.6 is 24.0 Å². The highest BCUT2D eigenvalue weighted by Crippen LogP contribution is 2.27. The molecule has 0 bridgehead atoms. The molecule has 1 fully saturated rings. The fourth-order valence-electron chi connectivity index (χ4n) is 3.51. The second-order valence-electron chi connectivity index (χ2n) is 6.77. The molecule has 1 aliphatic rings. The highest BCUT2D eigenvalue weighted by atomic mass is 127. The number of guanidine groups is 1. The lowest BCUT2D eigenvalue weighted by molar-refractivity contribution is 0.189. The predicted molar refractivity (Wildman–Crippen MR) is 120 cm³/mol. The molecule has 1 aromatic carbocycles. The molecule has 0 saturated carbocycles. The lowest BCUT2D eigenvalue weighted by Gasteiger charge is -2.39. The van der Waals surface area contributed by atoms with Crippen LogP contribution in [0.4, 0.5) is 0 Å². The minimum absolute atomic E-state index is 0. The molecule has 27 heavy (non-hydrogen) atoms. The molecule has 1 N–H and O–H groups in total. The topological polar surface area (TPSA) is 54.7 Å². The second kappa shape index (κ2) is 10.5. The number of hydrogen-bond donors (Lipinski definition) is 1. The van der Waals surface area contributed by atoms with Crippen molar-refractivity contribution in [2.24, 2.45) is 10.9 Å². The first-order valence-electron chi connectivity index (χ1n) is 9.35. The lowest BCUT2D eigenvalue weighted by Crippen LogP contribution is -2.49. The summed E-state index contributed by atoms with van der Waals surface area (Å²) in [6, 6.07) is 8.48. The van der Waals surface area contributed by atoms with E-state index in [9.17, 15) is 0 Å². The minimum Gasteiger partial charge on any atom is -0.496 e. The van der Waals surface area contributed by atoms with Gasteiger partial charge in [0.2, 0.25) is 0 Å². The van der Waals surface area contributed by atoms with Crippen molar-refractivity contribution < 1.29 is 4.74 Å². The monoisotopic (exact) mass is 483 g/mol. The summed E-state index contributed by atoms with van der Waals surface area (Å²) in [5.41, 5.74) is 1.10. The van der Waals surface area contributed by atoms with Gasteiger partial charge in [-0.2, -0.15) is 0 Å². The number of methoxy groups -OCH3 is 1. The lowest BCUT2D eigenvalue weighted by atomic mass is 9.93. The molecule has 2 unspecified atom stereocenters. The standard InChI is InChI=1S/C20H29N5O.HI/c1-4-22-20(23-13-17-7-5-6-8-19(17)26-3)24-11-9-16(2)18(14-24)25-12-10-21-15-25;/h5-8,10,12,15-16,18H,4,9,11,13-14H2,1-3H3,(H,22,23);1H. The summed E-state index contributed by atoms with van der Waals surface area (Å²) < 4.78 is 7.67. The van der Waals surface area contributed by atoms with Gasteiger partial charge in [-0.25, -0.2) is 9.98 Å². The number of imidazole rings is 1. The van der Waals surface area contributed by atoms with Gasteiger partial charge in [-0.3, -0.25) is 0 Å². The van der Waals surface area contributed by atoms with Crippen LogP contribution in [0.2, 0.25) is 0 Å². The summed E-state index contributed by atoms with van der Waals surface area (Å²) in [6.07, 6.45) is 6.97. The van der Waals surface area contributed by atoms with Crippen LogP contribution in [-0.2, 0) is 6.54 Å². The number of benzene rings is 1. The third kappa shape index (κ3) is 5.37. The number of para-hydroxylation sites is 1. The van der Waals surface area contributed by atoms with Crippen molar-refractivity contribution in [2.75, 3.05) is 26.7 Å². The number of aliphatic imine (C=N–C) groups is 1. The van der Waals surface area contributed by atoms with E-state index in [-0.39, 0.29) is 24.0 Å². The van der Waals surface area contributed by atoms with Gasteiger partial charge in [-0.15, -0.1) is 24.0 Å². The van der Waals surface area contributed by atoms with E-state index in [0.717, 1.165) is 43.3 Å². The predicted octanol–water partition coefficient (Wildman–Crippen LogP) is 3.56. The number of halogens is 1. The Bertz CT molecular complexity index is 719. The largest absolute Gasteiger partial charge is 0.496 e. The summed E-state index contributed by atoms with van der Waals surface area (Å²) in [5.74, 6) is 2.48. The Morgan fingerprint density at radius 3 is 2.89 bits per heavy atom. The van der Waals surface area contributed by atoms with E-state index in [0.29, 0.717) is 18.5 Å². The number of aromatic nitrogens is 2. The Morgan fingerprint density at radius 2 is 2.19 bits per heavy atom. The number of nitrogens with one attached hydrogen (secondary N) is 1. The Morgan fingerprint density at radius 1 is 1.37 bits per heavy atom. The quantitative estimate of drug-likeness (QED) is 0.402. The van der Waals surface area contributed by atoms with Crippen LogP contribution in [0.1, 0.15) is 31.9 Å². The van der Waals surface area contributed by atoms with E-state index in [4.69, 9.17) is 9.73 Å². The number of likely N-dealkylation sites (tertiary alicyclic amines) is 1. The van der Waals surface area contributed by atoms with Gasteiger partial charge in [0.05, 0.1) is 26.0 Å². The summed E-state index contributed by atoms with van der Waals surface area (Å²) >= 11 is 0. The van der Waals surface area contributed by atoms with Crippen LogP contribution in [0.15, 0.2) is 48.0 Å². The van der Waals surface area contributed by atoms with Crippen molar-refractivity contribution in [3.8, 4) is 5.75 Å². The van der Waals surface area contributed by atoms with E-state index >= 15 is 0 Å². The van der Waals surface area contributed by atoms with Crippen LogP contribution in [-0.4, -0.2) is 47.2 Å². The molecule has 1 aromatic heterocycles. The molecule has 148 valence electrons. The molecule has 1 saturated heterocycles. The minimum atomic E-state index is 0. The molecule has 0 radical (unpaired) electrons. The van der Waals surface area contributed by atoms with E-state index in [1.807, 2.05) is 30.7 Å². The Kier molecular flexibility index (Phi) is 8.40. The molecule has 2 heterocycles. The van der Waals surface area contributed by atoms with Gasteiger partial charge in [0, 0.05) is 37.6 Å². The smallest absolute Gasteiger partial charge is 0.194 e. The number of nitrogens with zero attached hydrogens (tertiary/aromatic N) is 4. The number of hydrogen-bond acceptors (Lipinski definition) is 3. The summed E-state index contributed by atoms with van der Waals surface area (Å²) in [6.45, 7) is 7.85. The maximum absolute atomic E-state index is 5.45. The SMILES string of the molecule is CCNC(=NCc1ccccc1OC)N1CCC(C)C(n2ccnc2)C1.I. The van der Waals surface area contributed by atoms with Crippen molar-refractivity contribution in [3.63, 3.8) is 0 Å². The molecule has 3 rings (SSSR count).